The maximum atomic E-state index is 5.92. The number of ether oxygens (including phenoxy) is 1. The average Bonchev–Trinajstić information content (AvgIpc) is 2.37. The topological polar surface area (TPSA) is 24.5 Å². The Labute approximate surface area is 124 Å². The Hall–Kier alpha value is -0.900. The van der Waals surface area contributed by atoms with Crippen molar-refractivity contribution in [1.82, 2.24) is 10.2 Å². The summed E-state index contributed by atoms with van der Waals surface area (Å²) in [4.78, 5) is 2.19. The molecule has 3 nitrogen and oxygen atoms in total. The second-order valence-electron chi connectivity index (χ2n) is 6.50. The van der Waals surface area contributed by atoms with E-state index in [-0.39, 0.29) is 5.54 Å². The van der Waals surface area contributed by atoms with Crippen molar-refractivity contribution in [3.63, 3.8) is 0 Å². The molecule has 20 heavy (non-hydrogen) atoms. The molecule has 0 aliphatic heterocycles. The molecule has 0 heterocycles. The van der Waals surface area contributed by atoms with Gasteiger partial charge in [-0.2, -0.15) is 0 Å². The largest absolute Gasteiger partial charge is 0.375 e. The Balaban J connectivity index is 2.55. The van der Waals surface area contributed by atoms with E-state index < -0.39 is 0 Å². The van der Waals surface area contributed by atoms with Crippen molar-refractivity contribution < 1.29 is 4.74 Å². The smallest absolute Gasteiger partial charge is 0.0720 e. The molecule has 0 unspecified atom stereocenters. The van der Waals surface area contributed by atoms with Crippen LogP contribution in [0.5, 0.6) is 0 Å². The molecule has 0 aromatic heterocycles. The second kappa shape index (κ2) is 7.77. The first-order valence-electron chi connectivity index (χ1n) is 7.38. The Morgan fingerprint density at radius 1 is 1.15 bits per heavy atom. The summed E-state index contributed by atoms with van der Waals surface area (Å²) in [5, 5.41) is 3.46. The van der Waals surface area contributed by atoms with Gasteiger partial charge in [0.1, 0.15) is 0 Å². The number of likely N-dealkylation sites (N-methyl/N-ethyl adjacent to an activating group) is 1. The zero-order chi connectivity index (χ0) is 15.2. The van der Waals surface area contributed by atoms with Gasteiger partial charge in [0.2, 0.25) is 0 Å². The summed E-state index contributed by atoms with van der Waals surface area (Å²) in [6.45, 7) is 11.0. The van der Waals surface area contributed by atoms with Crippen LogP contribution in [0, 0.1) is 0 Å². The third-order valence-electron chi connectivity index (χ3n) is 3.74. The first kappa shape index (κ1) is 17.2. The lowest BCUT2D eigenvalue weighted by atomic mass is 10.1. The van der Waals surface area contributed by atoms with E-state index in [0.717, 1.165) is 13.2 Å². The number of hydrogen-bond donors (Lipinski definition) is 1. The van der Waals surface area contributed by atoms with Crippen LogP contribution in [0.1, 0.15) is 38.8 Å². The zero-order valence-electron chi connectivity index (χ0n) is 13.9. The van der Waals surface area contributed by atoms with E-state index in [4.69, 9.17) is 4.74 Å². The quantitative estimate of drug-likeness (QED) is 0.791. The molecule has 0 aliphatic rings. The van der Waals surface area contributed by atoms with Crippen molar-refractivity contribution in [2.45, 2.75) is 52.4 Å². The fourth-order valence-corrected chi connectivity index (χ4v) is 1.72. The lowest BCUT2D eigenvalue weighted by molar-refractivity contribution is 0.0272. The number of hydrogen-bond acceptors (Lipinski definition) is 3. The maximum Gasteiger partial charge on any atom is 0.0720 e. The van der Waals surface area contributed by atoms with E-state index in [1.54, 1.807) is 0 Å². The third-order valence-corrected chi connectivity index (χ3v) is 3.74. The molecule has 3 heteroatoms. The summed E-state index contributed by atoms with van der Waals surface area (Å²) >= 11 is 0. The van der Waals surface area contributed by atoms with E-state index >= 15 is 0 Å². The highest BCUT2D eigenvalue weighted by Crippen LogP contribution is 2.14. The predicted octanol–water partition coefficient (Wildman–Crippen LogP) is 3.04. The lowest BCUT2D eigenvalue weighted by Gasteiger charge is -2.32. The van der Waals surface area contributed by atoms with E-state index in [0.29, 0.717) is 12.6 Å². The Bertz CT molecular complexity index is 400. The van der Waals surface area contributed by atoms with E-state index in [1.807, 2.05) is 0 Å². The predicted molar refractivity (Wildman–Crippen MR) is 85.8 cm³/mol. The van der Waals surface area contributed by atoms with Crippen molar-refractivity contribution in [2.24, 2.45) is 0 Å². The average molecular weight is 278 g/mol. The highest BCUT2D eigenvalue weighted by atomic mass is 16.5. The van der Waals surface area contributed by atoms with Gasteiger partial charge in [0.25, 0.3) is 0 Å². The van der Waals surface area contributed by atoms with Gasteiger partial charge in [-0.3, -0.25) is 0 Å². The molecule has 0 fully saturated rings. The molecule has 0 radical (unpaired) electrons. The summed E-state index contributed by atoms with van der Waals surface area (Å²) in [5.74, 6) is 0. The Kier molecular flexibility index (Phi) is 6.66. The summed E-state index contributed by atoms with van der Waals surface area (Å²) in [6.07, 6.45) is 0. The van der Waals surface area contributed by atoms with Crippen molar-refractivity contribution in [1.29, 1.82) is 0 Å². The maximum absolute atomic E-state index is 5.92. The first-order valence-corrected chi connectivity index (χ1v) is 7.38. The van der Waals surface area contributed by atoms with Gasteiger partial charge in [0.15, 0.2) is 0 Å². The van der Waals surface area contributed by atoms with Crippen LogP contribution in [-0.2, 0) is 17.9 Å². The van der Waals surface area contributed by atoms with E-state index in [2.05, 4.69) is 76.3 Å². The molecule has 0 saturated carbocycles. The summed E-state index contributed by atoms with van der Waals surface area (Å²) in [7, 11) is 4.17. The van der Waals surface area contributed by atoms with E-state index in [1.165, 1.54) is 11.1 Å². The Morgan fingerprint density at radius 3 is 2.30 bits per heavy atom. The molecule has 0 saturated heterocycles. The number of benzene rings is 1. The van der Waals surface area contributed by atoms with Crippen LogP contribution >= 0.6 is 0 Å². The van der Waals surface area contributed by atoms with Gasteiger partial charge in [-0.1, -0.05) is 38.1 Å². The molecule has 0 bridgehead atoms. The third kappa shape index (κ3) is 5.61. The molecule has 0 atom stereocenters. The van der Waals surface area contributed by atoms with Gasteiger partial charge in [-0.05, 0) is 39.1 Å². The molecule has 1 rings (SSSR count). The normalized spacial score (nSPS) is 12.4. The first-order chi connectivity index (χ1) is 9.33. The van der Waals surface area contributed by atoms with Gasteiger partial charge in [-0.15, -0.1) is 0 Å². The van der Waals surface area contributed by atoms with Crippen LogP contribution in [0.3, 0.4) is 0 Å². The second-order valence-corrected chi connectivity index (χ2v) is 6.50. The monoisotopic (exact) mass is 278 g/mol. The Morgan fingerprint density at radius 2 is 1.75 bits per heavy atom. The van der Waals surface area contributed by atoms with Crippen LogP contribution in [0.2, 0.25) is 0 Å². The van der Waals surface area contributed by atoms with Gasteiger partial charge >= 0.3 is 0 Å². The molecule has 1 aromatic carbocycles. The molecular formula is C17H30N2O. The van der Waals surface area contributed by atoms with Gasteiger partial charge < -0.3 is 15.0 Å². The van der Waals surface area contributed by atoms with Gasteiger partial charge in [-0.25, -0.2) is 0 Å². The standard InChI is InChI=1S/C17H30N2O/c1-14(2)18-11-15-9-7-8-10-16(15)12-20-13-17(3,4)19(5)6/h7-10,14,18H,11-13H2,1-6H3. The van der Waals surface area contributed by atoms with Crippen LogP contribution < -0.4 is 5.32 Å². The highest BCUT2D eigenvalue weighted by molar-refractivity contribution is 5.26. The molecule has 1 N–H and O–H groups in total. The molecule has 1 aromatic rings. The number of rotatable bonds is 8. The summed E-state index contributed by atoms with van der Waals surface area (Å²) in [5.41, 5.74) is 2.66. The fraction of sp³-hybridized carbons (Fsp3) is 0.647. The van der Waals surface area contributed by atoms with Crippen molar-refractivity contribution in [2.75, 3.05) is 20.7 Å². The molecular weight excluding hydrogens is 248 g/mol. The summed E-state index contributed by atoms with van der Waals surface area (Å²) < 4.78 is 5.92. The molecule has 0 spiro atoms. The molecule has 0 aliphatic carbocycles. The fourth-order valence-electron chi connectivity index (χ4n) is 1.72. The van der Waals surface area contributed by atoms with Crippen LogP contribution in [-0.4, -0.2) is 37.2 Å². The highest BCUT2D eigenvalue weighted by Gasteiger charge is 2.20. The number of nitrogens with one attached hydrogen (secondary N) is 1. The minimum absolute atomic E-state index is 0.0606. The van der Waals surface area contributed by atoms with Crippen molar-refractivity contribution in [3.05, 3.63) is 35.4 Å². The zero-order valence-corrected chi connectivity index (χ0v) is 13.9. The lowest BCUT2D eigenvalue weighted by Crippen LogP contribution is -2.42. The number of nitrogens with zero attached hydrogens (tertiary/aromatic N) is 1. The van der Waals surface area contributed by atoms with Crippen LogP contribution in [0.4, 0.5) is 0 Å². The molecule has 0 amide bonds. The van der Waals surface area contributed by atoms with Crippen molar-refractivity contribution >= 4 is 0 Å². The van der Waals surface area contributed by atoms with Crippen LogP contribution in [0.25, 0.3) is 0 Å². The van der Waals surface area contributed by atoms with Crippen molar-refractivity contribution in [3.8, 4) is 0 Å². The van der Waals surface area contributed by atoms with E-state index in [9.17, 15) is 0 Å². The minimum Gasteiger partial charge on any atom is -0.375 e. The SMILES string of the molecule is CC(C)NCc1ccccc1COCC(C)(C)N(C)C. The van der Waals surface area contributed by atoms with Crippen LogP contribution in [0.15, 0.2) is 24.3 Å². The van der Waals surface area contributed by atoms with Gasteiger partial charge in [0.05, 0.1) is 13.2 Å². The minimum atomic E-state index is 0.0606. The van der Waals surface area contributed by atoms with Gasteiger partial charge in [0, 0.05) is 18.1 Å². The summed E-state index contributed by atoms with van der Waals surface area (Å²) in [6, 6.07) is 8.99. The molecule has 114 valence electrons.